The van der Waals surface area contributed by atoms with Crippen LogP contribution in [0.15, 0.2) is 0 Å². The number of hydrogen-bond acceptors (Lipinski definition) is 3. The molecule has 110 valence electrons. The Morgan fingerprint density at radius 3 is 2.42 bits per heavy atom. The zero-order valence-corrected chi connectivity index (χ0v) is 12.1. The molecule has 0 aromatic rings. The molecule has 1 saturated heterocycles. The monoisotopic (exact) mass is 271 g/mol. The van der Waals surface area contributed by atoms with Gasteiger partial charge in [-0.15, -0.1) is 0 Å². The van der Waals surface area contributed by atoms with Gasteiger partial charge in [0.25, 0.3) is 0 Å². The van der Waals surface area contributed by atoms with Gasteiger partial charge in [0.05, 0.1) is 6.10 Å². The average Bonchev–Trinajstić information content (AvgIpc) is 2.43. The number of aliphatic hydroxyl groups is 1. The van der Waals surface area contributed by atoms with Crippen LogP contribution in [0.3, 0.4) is 0 Å². The van der Waals surface area contributed by atoms with Crippen molar-refractivity contribution in [2.45, 2.75) is 32.3 Å². The average molecular weight is 271 g/mol. The van der Waals surface area contributed by atoms with Crippen LogP contribution in [-0.2, 0) is 4.79 Å². The van der Waals surface area contributed by atoms with Crippen molar-refractivity contribution in [1.29, 1.82) is 0 Å². The summed E-state index contributed by atoms with van der Waals surface area (Å²) in [5, 5.41) is 12.2. The van der Waals surface area contributed by atoms with E-state index in [9.17, 15) is 14.7 Å². The zero-order valence-electron chi connectivity index (χ0n) is 12.1. The van der Waals surface area contributed by atoms with E-state index in [0.29, 0.717) is 38.9 Å². The van der Waals surface area contributed by atoms with Crippen molar-refractivity contribution in [2.24, 2.45) is 5.92 Å². The van der Waals surface area contributed by atoms with Crippen LogP contribution >= 0.6 is 0 Å². The van der Waals surface area contributed by atoms with Crippen LogP contribution in [-0.4, -0.2) is 66.7 Å². The molecular formula is C13H25N3O3. The number of likely N-dealkylation sites (tertiary alicyclic amines) is 1. The summed E-state index contributed by atoms with van der Waals surface area (Å²) in [6.07, 6.45) is 1.54. The molecule has 1 heterocycles. The second kappa shape index (κ2) is 7.33. The molecule has 0 saturated carbocycles. The molecule has 1 aliphatic rings. The molecule has 0 aliphatic carbocycles. The summed E-state index contributed by atoms with van der Waals surface area (Å²) in [5.74, 6) is -0.0558. The fourth-order valence-electron chi connectivity index (χ4n) is 2.12. The fraction of sp³-hybridized carbons (Fsp3) is 0.846. The van der Waals surface area contributed by atoms with Gasteiger partial charge in [0, 0.05) is 39.6 Å². The summed E-state index contributed by atoms with van der Waals surface area (Å²) in [7, 11) is 3.46. The van der Waals surface area contributed by atoms with Crippen molar-refractivity contribution in [2.75, 3.05) is 33.7 Å². The van der Waals surface area contributed by atoms with Crippen molar-refractivity contribution in [3.8, 4) is 0 Å². The van der Waals surface area contributed by atoms with Gasteiger partial charge < -0.3 is 20.2 Å². The second-order valence-electron chi connectivity index (χ2n) is 5.25. The van der Waals surface area contributed by atoms with Gasteiger partial charge in [0.15, 0.2) is 0 Å². The van der Waals surface area contributed by atoms with E-state index in [1.165, 1.54) is 0 Å². The minimum absolute atomic E-state index is 0.000244. The third-order valence-electron chi connectivity index (χ3n) is 3.50. The quantitative estimate of drug-likeness (QED) is 0.770. The van der Waals surface area contributed by atoms with Gasteiger partial charge >= 0.3 is 6.03 Å². The van der Waals surface area contributed by atoms with Gasteiger partial charge in [-0.2, -0.15) is 0 Å². The van der Waals surface area contributed by atoms with E-state index in [0.717, 1.165) is 0 Å². The second-order valence-corrected chi connectivity index (χ2v) is 5.25. The molecule has 6 heteroatoms. The maximum Gasteiger partial charge on any atom is 0.319 e. The minimum Gasteiger partial charge on any atom is -0.391 e. The molecule has 19 heavy (non-hydrogen) atoms. The first-order valence-electron chi connectivity index (χ1n) is 6.87. The van der Waals surface area contributed by atoms with Crippen molar-refractivity contribution >= 4 is 11.9 Å². The van der Waals surface area contributed by atoms with Crippen molar-refractivity contribution in [3.05, 3.63) is 0 Å². The lowest BCUT2D eigenvalue weighted by Crippen LogP contribution is -2.47. The van der Waals surface area contributed by atoms with Crippen molar-refractivity contribution < 1.29 is 14.7 Å². The summed E-state index contributed by atoms with van der Waals surface area (Å²) in [4.78, 5) is 27.0. The third kappa shape index (κ3) is 4.70. The minimum atomic E-state index is -0.473. The lowest BCUT2D eigenvalue weighted by atomic mass is 9.96. The SMILES string of the molecule is CCC(O)CNC(=O)C1CCN(C(=O)N(C)C)CC1. The van der Waals surface area contributed by atoms with Crippen LogP contribution in [0.4, 0.5) is 4.79 Å². The number of carbonyl (C=O) groups excluding carboxylic acids is 2. The highest BCUT2D eigenvalue weighted by Gasteiger charge is 2.27. The molecule has 1 atom stereocenters. The van der Waals surface area contributed by atoms with E-state index in [-0.39, 0.29) is 17.9 Å². The Hall–Kier alpha value is -1.30. The Morgan fingerprint density at radius 1 is 1.37 bits per heavy atom. The maximum atomic E-state index is 11.9. The lowest BCUT2D eigenvalue weighted by molar-refractivity contribution is -0.126. The molecule has 2 N–H and O–H groups in total. The number of urea groups is 1. The van der Waals surface area contributed by atoms with Crippen LogP contribution in [0.25, 0.3) is 0 Å². The molecule has 0 aromatic carbocycles. The van der Waals surface area contributed by atoms with Crippen LogP contribution in [0.1, 0.15) is 26.2 Å². The molecule has 3 amide bonds. The van der Waals surface area contributed by atoms with Crippen LogP contribution in [0.5, 0.6) is 0 Å². The van der Waals surface area contributed by atoms with Gasteiger partial charge in [0.2, 0.25) is 5.91 Å². The van der Waals surface area contributed by atoms with Crippen LogP contribution in [0, 0.1) is 5.92 Å². The first-order chi connectivity index (χ1) is 8.95. The molecule has 1 fully saturated rings. The number of aliphatic hydroxyl groups excluding tert-OH is 1. The maximum absolute atomic E-state index is 11.9. The van der Waals surface area contributed by atoms with Crippen LogP contribution in [0.2, 0.25) is 0 Å². The number of nitrogens with one attached hydrogen (secondary N) is 1. The molecule has 1 rings (SSSR count). The summed E-state index contributed by atoms with van der Waals surface area (Å²) in [5.41, 5.74) is 0. The third-order valence-corrected chi connectivity index (χ3v) is 3.50. The predicted octanol–water partition coefficient (Wildman–Crippen LogP) is 0.267. The van der Waals surface area contributed by atoms with E-state index < -0.39 is 6.10 Å². The van der Waals surface area contributed by atoms with E-state index in [2.05, 4.69) is 5.32 Å². The standard InChI is InChI=1S/C13H25N3O3/c1-4-11(17)9-14-12(18)10-5-7-16(8-6-10)13(19)15(2)3/h10-11,17H,4-9H2,1-3H3,(H,14,18). The predicted molar refractivity (Wildman–Crippen MR) is 72.7 cm³/mol. The van der Waals surface area contributed by atoms with Gasteiger partial charge in [-0.3, -0.25) is 4.79 Å². The fourth-order valence-corrected chi connectivity index (χ4v) is 2.12. The first-order valence-corrected chi connectivity index (χ1v) is 6.87. The Kier molecular flexibility index (Phi) is 6.08. The Bertz CT molecular complexity index is 312. The number of amides is 3. The molecule has 0 spiro atoms. The highest BCUT2D eigenvalue weighted by molar-refractivity contribution is 5.79. The zero-order chi connectivity index (χ0) is 14.4. The lowest BCUT2D eigenvalue weighted by Gasteiger charge is -2.33. The molecule has 1 unspecified atom stereocenters. The van der Waals surface area contributed by atoms with Gasteiger partial charge in [-0.05, 0) is 19.3 Å². The topological polar surface area (TPSA) is 72.9 Å². The van der Waals surface area contributed by atoms with Crippen molar-refractivity contribution in [3.63, 3.8) is 0 Å². The molecule has 0 radical (unpaired) electrons. The normalized spacial score (nSPS) is 18.0. The molecular weight excluding hydrogens is 246 g/mol. The number of rotatable bonds is 4. The summed E-state index contributed by atoms with van der Waals surface area (Å²) in [6, 6.07) is 0.000244. The summed E-state index contributed by atoms with van der Waals surface area (Å²) < 4.78 is 0. The van der Waals surface area contributed by atoms with E-state index in [1.54, 1.807) is 23.9 Å². The smallest absolute Gasteiger partial charge is 0.319 e. The molecule has 1 aliphatic heterocycles. The largest absolute Gasteiger partial charge is 0.391 e. The van der Waals surface area contributed by atoms with Gasteiger partial charge in [0.1, 0.15) is 0 Å². The van der Waals surface area contributed by atoms with Gasteiger partial charge in [-0.25, -0.2) is 4.79 Å². The highest BCUT2D eigenvalue weighted by Crippen LogP contribution is 2.18. The van der Waals surface area contributed by atoms with E-state index >= 15 is 0 Å². The number of carbonyl (C=O) groups is 2. The number of hydrogen-bond donors (Lipinski definition) is 2. The first kappa shape index (κ1) is 15.8. The summed E-state index contributed by atoms with van der Waals surface area (Å²) in [6.45, 7) is 3.42. The summed E-state index contributed by atoms with van der Waals surface area (Å²) >= 11 is 0. The highest BCUT2D eigenvalue weighted by atomic mass is 16.3. The van der Waals surface area contributed by atoms with E-state index in [4.69, 9.17) is 0 Å². The van der Waals surface area contributed by atoms with Crippen LogP contribution < -0.4 is 5.32 Å². The molecule has 6 nitrogen and oxygen atoms in total. The van der Waals surface area contributed by atoms with E-state index in [1.807, 2.05) is 6.92 Å². The van der Waals surface area contributed by atoms with Crippen molar-refractivity contribution in [1.82, 2.24) is 15.1 Å². The van der Waals surface area contributed by atoms with Gasteiger partial charge in [-0.1, -0.05) is 6.92 Å². The Morgan fingerprint density at radius 2 is 1.95 bits per heavy atom. The Labute approximate surface area is 114 Å². The number of piperidine rings is 1. The Balaban J connectivity index is 2.33. The molecule has 0 bridgehead atoms. The molecule has 0 aromatic heterocycles. The number of nitrogens with zero attached hydrogens (tertiary/aromatic N) is 2.